The zero-order chi connectivity index (χ0) is 17.0. The molecule has 0 atom stereocenters. The predicted octanol–water partition coefficient (Wildman–Crippen LogP) is 3.54. The minimum atomic E-state index is -0.511. The van der Waals surface area contributed by atoms with Crippen LogP contribution in [0.25, 0.3) is 0 Å². The van der Waals surface area contributed by atoms with E-state index in [1.165, 1.54) is 6.07 Å². The molecule has 0 aliphatic carbocycles. The number of rotatable bonds is 5. The Kier molecular flexibility index (Phi) is 4.95. The molecule has 0 saturated carbocycles. The maximum absolute atomic E-state index is 12.0. The summed E-state index contributed by atoms with van der Waals surface area (Å²) in [5, 5.41) is 13.7. The van der Waals surface area contributed by atoms with Crippen LogP contribution in [0.3, 0.4) is 0 Å². The molecule has 0 heterocycles. The Morgan fingerprint density at radius 2 is 1.78 bits per heavy atom. The molecular formula is C17H18N2O4. The van der Waals surface area contributed by atoms with E-state index < -0.39 is 10.8 Å². The monoisotopic (exact) mass is 314 g/mol. The highest BCUT2D eigenvalue weighted by Crippen LogP contribution is 2.30. The molecule has 0 bridgehead atoms. The number of nitrogens with one attached hydrogen (secondary N) is 1. The van der Waals surface area contributed by atoms with E-state index in [1.807, 2.05) is 26.0 Å². The molecule has 0 aromatic heterocycles. The molecule has 0 unspecified atom stereocenters. The number of ether oxygens (including phenoxy) is 1. The molecule has 0 aliphatic heterocycles. The topological polar surface area (TPSA) is 81.5 Å². The zero-order valence-electron chi connectivity index (χ0n) is 13.3. The van der Waals surface area contributed by atoms with Crippen LogP contribution in [0.2, 0.25) is 0 Å². The van der Waals surface area contributed by atoms with Crippen molar-refractivity contribution in [3.05, 3.63) is 63.2 Å². The number of carbonyl (C=O) groups is 1. The van der Waals surface area contributed by atoms with Crippen molar-refractivity contribution in [1.29, 1.82) is 0 Å². The highest BCUT2D eigenvalue weighted by Gasteiger charge is 2.19. The molecule has 6 nitrogen and oxygen atoms in total. The van der Waals surface area contributed by atoms with E-state index in [-0.39, 0.29) is 18.0 Å². The van der Waals surface area contributed by atoms with Gasteiger partial charge in [-0.1, -0.05) is 23.8 Å². The number of benzene rings is 2. The van der Waals surface area contributed by atoms with Crippen molar-refractivity contribution < 1.29 is 14.5 Å². The maximum atomic E-state index is 12.0. The summed E-state index contributed by atoms with van der Waals surface area (Å²) in [6.07, 6.45) is 0. The van der Waals surface area contributed by atoms with Crippen LogP contribution >= 0.6 is 0 Å². The fourth-order valence-electron chi connectivity index (χ4n) is 2.07. The van der Waals surface area contributed by atoms with Crippen molar-refractivity contribution in [2.24, 2.45) is 0 Å². The number of aryl methyl sites for hydroxylation is 2. The molecule has 0 saturated heterocycles. The molecule has 2 rings (SSSR count). The number of nitro groups is 1. The normalized spacial score (nSPS) is 10.2. The summed E-state index contributed by atoms with van der Waals surface area (Å²) in [6.45, 7) is 5.31. The molecule has 1 N–H and O–H groups in total. The molecular weight excluding hydrogens is 296 g/mol. The highest BCUT2D eigenvalue weighted by atomic mass is 16.6. The van der Waals surface area contributed by atoms with Gasteiger partial charge in [0.2, 0.25) is 0 Å². The summed E-state index contributed by atoms with van der Waals surface area (Å²) in [5.74, 6) is 0.128. The molecule has 2 aromatic rings. The first-order chi connectivity index (χ1) is 10.9. The van der Waals surface area contributed by atoms with Crippen molar-refractivity contribution in [3.63, 3.8) is 0 Å². The first-order valence-corrected chi connectivity index (χ1v) is 7.12. The van der Waals surface area contributed by atoms with Gasteiger partial charge in [-0.15, -0.1) is 0 Å². The van der Waals surface area contributed by atoms with Crippen LogP contribution in [-0.2, 0) is 4.79 Å². The van der Waals surface area contributed by atoms with Crippen LogP contribution in [0.1, 0.15) is 16.7 Å². The van der Waals surface area contributed by atoms with E-state index in [9.17, 15) is 14.9 Å². The molecule has 6 heteroatoms. The third kappa shape index (κ3) is 4.06. The average molecular weight is 314 g/mol. The van der Waals surface area contributed by atoms with Gasteiger partial charge in [-0.3, -0.25) is 14.9 Å². The van der Waals surface area contributed by atoms with Crippen LogP contribution in [-0.4, -0.2) is 17.4 Å². The lowest BCUT2D eigenvalue weighted by Crippen LogP contribution is -2.21. The van der Waals surface area contributed by atoms with Crippen LogP contribution in [0.5, 0.6) is 5.75 Å². The second kappa shape index (κ2) is 6.91. The molecule has 2 aromatic carbocycles. The number of carbonyl (C=O) groups excluding carboxylic acids is 1. The third-order valence-electron chi connectivity index (χ3n) is 3.57. The van der Waals surface area contributed by atoms with Gasteiger partial charge in [-0.05, 0) is 44.0 Å². The van der Waals surface area contributed by atoms with Crippen LogP contribution in [0.4, 0.5) is 11.4 Å². The zero-order valence-corrected chi connectivity index (χ0v) is 13.3. The van der Waals surface area contributed by atoms with Crippen LogP contribution < -0.4 is 10.1 Å². The molecule has 1 amide bonds. The van der Waals surface area contributed by atoms with Crippen molar-refractivity contribution in [2.75, 3.05) is 11.9 Å². The van der Waals surface area contributed by atoms with Crippen molar-refractivity contribution >= 4 is 17.3 Å². The molecule has 23 heavy (non-hydrogen) atoms. The molecule has 0 fully saturated rings. The van der Waals surface area contributed by atoms with Gasteiger partial charge < -0.3 is 10.1 Å². The second-order valence-electron chi connectivity index (χ2n) is 5.31. The van der Waals surface area contributed by atoms with Gasteiger partial charge in [0.25, 0.3) is 11.6 Å². The van der Waals surface area contributed by atoms with E-state index in [1.54, 1.807) is 25.1 Å². The van der Waals surface area contributed by atoms with Gasteiger partial charge in [0.05, 0.1) is 4.92 Å². The number of anilines is 1. The average Bonchev–Trinajstić information content (AvgIpc) is 2.51. The fourth-order valence-corrected chi connectivity index (χ4v) is 2.07. The van der Waals surface area contributed by atoms with Crippen LogP contribution in [0, 0.1) is 30.9 Å². The van der Waals surface area contributed by atoms with E-state index >= 15 is 0 Å². The quantitative estimate of drug-likeness (QED) is 0.676. The largest absolute Gasteiger partial charge is 0.484 e. The smallest absolute Gasteiger partial charge is 0.293 e. The Morgan fingerprint density at radius 1 is 1.13 bits per heavy atom. The molecule has 0 spiro atoms. The van der Waals surface area contributed by atoms with Gasteiger partial charge in [-0.25, -0.2) is 0 Å². The number of hydrogen-bond donors (Lipinski definition) is 1. The van der Waals surface area contributed by atoms with Gasteiger partial charge in [0.1, 0.15) is 11.4 Å². The first kappa shape index (κ1) is 16.5. The van der Waals surface area contributed by atoms with Crippen LogP contribution in [0.15, 0.2) is 36.4 Å². The maximum Gasteiger partial charge on any atom is 0.293 e. The van der Waals surface area contributed by atoms with Gasteiger partial charge in [0, 0.05) is 6.07 Å². The summed E-state index contributed by atoms with van der Waals surface area (Å²) < 4.78 is 5.38. The van der Waals surface area contributed by atoms with E-state index in [0.717, 1.165) is 11.1 Å². The standard InChI is InChI=1S/C17H18N2O4/c1-11-4-7-14(8-5-11)23-10-16(20)18-17-13(3)12(2)6-9-15(17)19(21)22/h4-9H,10H2,1-3H3,(H,18,20). The molecule has 0 radical (unpaired) electrons. The highest BCUT2D eigenvalue weighted by molar-refractivity contribution is 5.95. The Morgan fingerprint density at radius 3 is 2.39 bits per heavy atom. The summed E-state index contributed by atoms with van der Waals surface area (Å²) in [5.41, 5.74) is 2.71. The van der Waals surface area contributed by atoms with Crippen molar-refractivity contribution in [3.8, 4) is 5.75 Å². The summed E-state index contributed by atoms with van der Waals surface area (Å²) in [7, 11) is 0. The van der Waals surface area contributed by atoms with E-state index in [2.05, 4.69) is 5.32 Å². The van der Waals surface area contributed by atoms with E-state index in [4.69, 9.17) is 4.74 Å². The minimum Gasteiger partial charge on any atom is -0.484 e. The lowest BCUT2D eigenvalue weighted by Gasteiger charge is -2.11. The number of hydrogen-bond acceptors (Lipinski definition) is 4. The summed E-state index contributed by atoms with van der Waals surface area (Å²) >= 11 is 0. The Hall–Kier alpha value is -2.89. The predicted molar refractivity (Wildman–Crippen MR) is 87.9 cm³/mol. The van der Waals surface area contributed by atoms with Gasteiger partial charge in [-0.2, -0.15) is 0 Å². The molecule has 0 aliphatic rings. The summed E-state index contributed by atoms with van der Waals surface area (Å²) in [6, 6.07) is 10.3. The lowest BCUT2D eigenvalue weighted by molar-refractivity contribution is -0.384. The number of nitrogens with zero attached hydrogens (tertiary/aromatic N) is 1. The second-order valence-corrected chi connectivity index (χ2v) is 5.31. The number of nitro benzene ring substituents is 1. The Bertz CT molecular complexity index is 739. The third-order valence-corrected chi connectivity index (χ3v) is 3.57. The summed E-state index contributed by atoms with van der Waals surface area (Å²) in [4.78, 5) is 22.6. The van der Waals surface area contributed by atoms with E-state index in [0.29, 0.717) is 11.3 Å². The van der Waals surface area contributed by atoms with Gasteiger partial charge >= 0.3 is 0 Å². The number of amides is 1. The SMILES string of the molecule is Cc1ccc(OCC(=O)Nc2c([N+](=O)[O-])ccc(C)c2C)cc1. The first-order valence-electron chi connectivity index (χ1n) is 7.12. The van der Waals surface area contributed by atoms with Crippen molar-refractivity contribution in [1.82, 2.24) is 0 Å². The minimum absolute atomic E-state index is 0.128. The Labute approximate surface area is 134 Å². The van der Waals surface area contributed by atoms with Crippen molar-refractivity contribution in [2.45, 2.75) is 20.8 Å². The lowest BCUT2D eigenvalue weighted by atomic mass is 10.1. The Balaban J connectivity index is 2.09. The van der Waals surface area contributed by atoms with Gasteiger partial charge in [0.15, 0.2) is 6.61 Å². The fraction of sp³-hybridized carbons (Fsp3) is 0.235. The molecule has 120 valence electrons.